The Labute approximate surface area is 118 Å². The van der Waals surface area contributed by atoms with Crippen LogP contribution >= 0.6 is 11.3 Å². The minimum Gasteiger partial charge on any atom is -0.396 e. The van der Waals surface area contributed by atoms with Gasteiger partial charge in [-0.25, -0.2) is 0 Å². The fourth-order valence-corrected chi connectivity index (χ4v) is 3.47. The van der Waals surface area contributed by atoms with E-state index in [1.54, 1.807) is 11.3 Å². The van der Waals surface area contributed by atoms with Gasteiger partial charge in [-0.2, -0.15) is 0 Å². The zero-order chi connectivity index (χ0) is 13.5. The van der Waals surface area contributed by atoms with Gasteiger partial charge < -0.3 is 10.2 Å². The lowest BCUT2D eigenvalue weighted by Crippen LogP contribution is -2.28. The molecule has 1 aromatic rings. The van der Waals surface area contributed by atoms with Crippen molar-refractivity contribution in [2.24, 2.45) is 0 Å². The number of hydrogen-bond donors (Lipinski definition) is 2. The first-order chi connectivity index (χ1) is 9.33. The number of thiophene rings is 1. The highest BCUT2D eigenvalue weighted by Crippen LogP contribution is 2.25. The number of likely N-dealkylation sites (tertiary alicyclic amines) is 1. The quantitative estimate of drug-likeness (QED) is 0.808. The molecular weight excluding hydrogens is 258 g/mol. The molecule has 1 fully saturated rings. The Morgan fingerprint density at radius 2 is 2.32 bits per heavy atom. The molecule has 0 aromatic carbocycles. The van der Waals surface area contributed by atoms with Gasteiger partial charge in [-0.15, -0.1) is 11.3 Å². The molecule has 0 amide bonds. The van der Waals surface area contributed by atoms with Crippen LogP contribution in [0.2, 0.25) is 0 Å². The van der Waals surface area contributed by atoms with Gasteiger partial charge in [0.1, 0.15) is 6.61 Å². The largest absolute Gasteiger partial charge is 0.396 e. The highest BCUT2D eigenvalue weighted by atomic mass is 32.1. The maximum absolute atomic E-state index is 8.94. The maximum atomic E-state index is 8.94. The molecule has 0 radical (unpaired) electrons. The Hall–Kier alpha value is -0.860. The number of aliphatic hydroxyl groups excluding tert-OH is 2. The van der Waals surface area contributed by atoms with E-state index in [9.17, 15) is 0 Å². The molecule has 104 valence electrons. The van der Waals surface area contributed by atoms with Gasteiger partial charge in [0.25, 0.3) is 0 Å². The first-order valence-electron chi connectivity index (χ1n) is 6.85. The fourth-order valence-electron chi connectivity index (χ4n) is 2.63. The van der Waals surface area contributed by atoms with E-state index in [1.165, 1.54) is 17.7 Å². The van der Waals surface area contributed by atoms with E-state index >= 15 is 0 Å². The van der Waals surface area contributed by atoms with E-state index in [4.69, 9.17) is 10.2 Å². The van der Waals surface area contributed by atoms with Gasteiger partial charge in [-0.3, -0.25) is 4.90 Å². The summed E-state index contributed by atoms with van der Waals surface area (Å²) in [6, 6.07) is 2.75. The van der Waals surface area contributed by atoms with Crippen LogP contribution in [0.1, 0.15) is 36.1 Å². The number of aliphatic hydroxyl groups is 2. The third-order valence-corrected chi connectivity index (χ3v) is 4.44. The minimum absolute atomic E-state index is 0.0828. The van der Waals surface area contributed by atoms with Crippen LogP contribution < -0.4 is 0 Å². The van der Waals surface area contributed by atoms with Crippen LogP contribution in [0.5, 0.6) is 0 Å². The molecule has 2 heterocycles. The lowest BCUT2D eigenvalue weighted by molar-refractivity contribution is 0.211. The van der Waals surface area contributed by atoms with Gasteiger partial charge in [-0.05, 0) is 38.3 Å². The van der Waals surface area contributed by atoms with Crippen molar-refractivity contribution in [2.75, 3.05) is 19.8 Å². The molecule has 0 aliphatic carbocycles. The van der Waals surface area contributed by atoms with Gasteiger partial charge in [0.15, 0.2) is 0 Å². The van der Waals surface area contributed by atoms with Crippen molar-refractivity contribution >= 4 is 11.3 Å². The van der Waals surface area contributed by atoms with Gasteiger partial charge >= 0.3 is 0 Å². The van der Waals surface area contributed by atoms with Crippen molar-refractivity contribution in [3.8, 4) is 11.8 Å². The summed E-state index contributed by atoms with van der Waals surface area (Å²) in [6.45, 7) is 2.36. The summed E-state index contributed by atoms with van der Waals surface area (Å²) in [4.78, 5) is 3.85. The third-order valence-electron chi connectivity index (χ3n) is 3.52. The summed E-state index contributed by atoms with van der Waals surface area (Å²) in [7, 11) is 0. The van der Waals surface area contributed by atoms with Crippen LogP contribution in [-0.4, -0.2) is 40.9 Å². The molecule has 0 saturated carbocycles. The second kappa shape index (κ2) is 7.66. The summed E-state index contributed by atoms with van der Waals surface area (Å²) < 4.78 is 0. The van der Waals surface area contributed by atoms with Crippen molar-refractivity contribution in [1.82, 2.24) is 4.90 Å². The van der Waals surface area contributed by atoms with Crippen molar-refractivity contribution in [2.45, 2.75) is 38.3 Å². The van der Waals surface area contributed by atoms with Crippen LogP contribution in [0.15, 0.2) is 11.4 Å². The Bertz CT molecular complexity index is 446. The molecule has 0 bridgehead atoms. The molecule has 1 aliphatic heterocycles. The van der Waals surface area contributed by atoms with Gasteiger partial charge in [0.05, 0.1) is 0 Å². The molecule has 1 saturated heterocycles. The number of hydrogen-bond acceptors (Lipinski definition) is 4. The molecule has 0 spiro atoms. The summed E-state index contributed by atoms with van der Waals surface area (Å²) in [5.74, 6) is 5.62. The molecule has 1 aromatic heterocycles. The third kappa shape index (κ3) is 4.32. The predicted octanol–water partition coefficient (Wildman–Crippen LogP) is 1.83. The number of nitrogens with zero attached hydrogens (tertiary/aromatic N) is 1. The molecule has 2 N–H and O–H groups in total. The van der Waals surface area contributed by atoms with Crippen molar-refractivity contribution in [1.29, 1.82) is 0 Å². The highest BCUT2D eigenvalue weighted by Gasteiger charge is 2.24. The molecule has 1 unspecified atom stereocenters. The first kappa shape index (κ1) is 14.5. The van der Waals surface area contributed by atoms with E-state index < -0.39 is 0 Å². The van der Waals surface area contributed by atoms with Gasteiger partial charge in [-0.1, -0.05) is 11.8 Å². The van der Waals surface area contributed by atoms with E-state index in [0.29, 0.717) is 12.6 Å². The lowest BCUT2D eigenvalue weighted by atomic mass is 10.1. The molecular formula is C15H21NO2S. The molecule has 1 atom stereocenters. The van der Waals surface area contributed by atoms with Crippen LogP contribution in [-0.2, 0) is 6.54 Å². The topological polar surface area (TPSA) is 43.7 Å². The minimum atomic E-state index is -0.0828. The summed E-state index contributed by atoms with van der Waals surface area (Å²) in [6.07, 6.45) is 4.51. The Morgan fingerprint density at radius 1 is 1.42 bits per heavy atom. The van der Waals surface area contributed by atoms with E-state index in [-0.39, 0.29) is 6.61 Å². The highest BCUT2D eigenvalue weighted by molar-refractivity contribution is 7.10. The van der Waals surface area contributed by atoms with Crippen LogP contribution in [0, 0.1) is 11.8 Å². The molecule has 1 aliphatic rings. The zero-order valence-corrected chi connectivity index (χ0v) is 12.0. The van der Waals surface area contributed by atoms with Crippen LogP contribution in [0.4, 0.5) is 0 Å². The standard InChI is InChI=1S/C15H21NO2S/c17-8-2-4-13-10-15(19-12-13)11-16-7-1-5-14(16)6-3-9-18/h10,12,14,17-18H,1,3,5-9,11H2. The Morgan fingerprint density at radius 3 is 3.11 bits per heavy atom. The SMILES string of the molecule is OCC#Cc1csc(CN2CCCC2CCCO)c1. The van der Waals surface area contributed by atoms with Crippen LogP contribution in [0.3, 0.4) is 0 Å². The molecule has 3 nitrogen and oxygen atoms in total. The first-order valence-corrected chi connectivity index (χ1v) is 7.73. The maximum Gasteiger partial charge on any atom is 0.104 e. The van der Waals surface area contributed by atoms with Gasteiger partial charge in [0, 0.05) is 35.0 Å². The van der Waals surface area contributed by atoms with Crippen LogP contribution in [0.25, 0.3) is 0 Å². The molecule has 2 rings (SSSR count). The van der Waals surface area contributed by atoms with E-state index in [0.717, 1.165) is 31.5 Å². The van der Waals surface area contributed by atoms with Crippen molar-refractivity contribution in [3.05, 3.63) is 21.9 Å². The van der Waals surface area contributed by atoms with Gasteiger partial charge in [0.2, 0.25) is 0 Å². The summed E-state index contributed by atoms with van der Waals surface area (Å²) in [5, 5.41) is 19.7. The predicted molar refractivity (Wildman–Crippen MR) is 78.0 cm³/mol. The Kier molecular flexibility index (Phi) is 5.87. The average Bonchev–Trinajstić information content (AvgIpc) is 3.04. The lowest BCUT2D eigenvalue weighted by Gasteiger charge is -2.23. The van der Waals surface area contributed by atoms with E-state index in [2.05, 4.69) is 28.2 Å². The monoisotopic (exact) mass is 279 g/mol. The van der Waals surface area contributed by atoms with E-state index in [1.807, 2.05) is 0 Å². The number of rotatable bonds is 5. The average molecular weight is 279 g/mol. The second-order valence-electron chi connectivity index (χ2n) is 4.89. The zero-order valence-electron chi connectivity index (χ0n) is 11.1. The summed E-state index contributed by atoms with van der Waals surface area (Å²) in [5.41, 5.74) is 1.00. The second-order valence-corrected chi connectivity index (χ2v) is 5.89. The normalized spacial score (nSPS) is 19.4. The smallest absolute Gasteiger partial charge is 0.104 e. The molecule has 19 heavy (non-hydrogen) atoms. The molecule has 4 heteroatoms. The fraction of sp³-hybridized carbons (Fsp3) is 0.600. The van der Waals surface area contributed by atoms with Crippen molar-refractivity contribution in [3.63, 3.8) is 0 Å². The van der Waals surface area contributed by atoms with Crippen molar-refractivity contribution < 1.29 is 10.2 Å². The Balaban J connectivity index is 1.90. The summed E-state index contributed by atoms with van der Waals surface area (Å²) >= 11 is 1.74.